The van der Waals surface area contributed by atoms with Crippen LogP contribution in [0.15, 0.2) is 36.7 Å². The summed E-state index contributed by atoms with van der Waals surface area (Å²) in [5.41, 5.74) is 3.34. The lowest BCUT2D eigenvalue weighted by atomic mass is 9.95. The number of carbonyl (C=O) groups excluding carboxylic acids is 1. The normalized spacial score (nSPS) is 15.2. The van der Waals surface area contributed by atoms with E-state index in [-0.39, 0.29) is 11.7 Å². The Bertz CT molecular complexity index is 1030. The molecule has 1 fully saturated rings. The zero-order valence-corrected chi connectivity index (χ0v) is 15.3. The van der Waals surface area contributed by atoms with Crippen LogP contribution in [0.5, 0.6) is 0 Å². The Morgan fingerprint density at radius 2 is 1.93 bits per heavy atom. The number of ketones is 1. The summed E-state index contributed by atoms with van der Waals surface area (Å²) in [5, 5.41) is 9.43. The van der Waals surface area contributed by atoms with E-state index in [0.717, 1.165) is 11.1 Å². The molecule has 1 aliphatic carbocycles. The van der Waals surface area contributed by atoms with Crippen molar-refractivity contribution in [3.63, 3.8) is 0 Å². The second-order valence-electron chi connectivity index (χ2n) is 7.64. The van der Waals surface area contributed by atoms with E-state index in [1.54, 1.807) is 12.4 Å². The summed E-state index contributed by atoms with van der Waals surface area (Å²) in [6, 6.07) is 7.45. The van der Waals surface area contributed by atoms with Crippen LogP contribution in [0.4, 0.5) is 0 Å². The van der Waals surface area contributed by atoms with E-state index in [0.29, 0.717) is 41.7 Å². The van der Waals surface area contributed by atoms with Gasteiger partial charge in [-0.2, -0.15) is 0 Å². The summed E-state index contributed by atoms with van der Waals surface area (Å²) in [5.74, 6) is -0.442. The van der Waals surface area contributed by atoms with Crippen LogP contribution < -0.4 is 0 Å². The molecule has 0 aliphatic heterocycles. The average Bonchev–Trinajstić information content (AvgIpc) is 3.35. The molecular formula is C21H21N3O3. The van der Waals surface area contributed by atoms with Crippen LogP contribution in [0.25, 0.3) is 22.4 Å². The van der Waals surface area contributed by atoms with E-state index in [1.165, 1.54) is 0 Å². The Kier molecular flexibility index (Phi) is 4.06. The number of hydrogen-bond acceptors (Lipinski definition) is 4. The molecule has 2 aromatic heterocycles. The third-order valence-corrected chi connectivity index (χ3v) is 5.17. The standard InChI is InChI=1S/C21H21N3O3/c1-12(2)9-17(25)15-10-22-19-18(15)24-16(11-23-19)13-3-5-14(6-4-13)21(7-8-21)20(26)27/h3-6,10-12H,7-9H2,1-2H3,(H,22,23)(H,26,27). The molecule has 3 aromatic rings. The van der Waals surface area contributed by atoms with Crippen molar-refractivity contribution in [2.75, 3.05) is 0 Å². The Hall–Kier alpha value is -3.02. The quantitative estimate of drug-likeness (QED) is 0.646. The summed E-state index contributed by atoms with van der Waals surface area (Å²) in [6.45, 7) is 4.02. The molecule has 0 radical (unpaired) electrons. The average molecular weight is 363 g/mol. The van der Waals surface area contributed by atoms with Crippen molar-refractivity contribution >= 4 is 22.9 Å². The molecule has 1 aromatic carbocycles. The summed E-state index contributed by atoms with van der Waals surface area (Å²) < 4.78 is 0. The molecule has 0 unspecified atom stereocenters. The minimum absolute atomic E-state index is 0.0511. The molecule has 1 saturated carbocycles. The van der Waals surface area contributed by atoms with E-state index in [1.807, 2.05) is 38.1 Å². The number of nitrogens with zero attached hydrogens (tertiary/aromatic N) is 2. The summed E-state index contributed by atoms with van der Waals surface area (Å²) in [6.07, 6.45) is 5.15. The van der Waals surface area contributed by atoms with Crippen molar-refractivity contribution in [3.05, 3.63) is 47.8 Å². The second-order valence-corrected chi connectivity index (χ2v) is 7.64. The van der Waals surface area contributed by atoms with Crippen molar-refractivity contribution in [2.24, 2.45) is 5.92 Å². The fourth-order valence-electron chi connectivity index (χ4n) is 3.43. The first-order valence-corrected chi connectivity index (χ1v) is 9.12. The Morgan fingerprint density at radius 1 is 1.22 bits per heavy atom. The summed E-state index contributed by atoms with van der Waals surface area (Å²) in [7, 11) is 0. The second kappa shape index (κ2) is 6.30. The smallest absolute Gasteiger partial charge is 0.314 e. The Balaban J connectivity index is 1.68. The lowest BCUT2D eigenvalue weighted by Crippen LogP contribution is -2.19. The summed E-state index contributed by atoms with van der Waals surface area (Å²) in [4.78, 5) is 36.0. The molecule has 138 valence electrons. The number of aromatic amines is 1. The predicted molar refractivity (Wildman–Crippen MR) is 102 cm³/mol. The Morgan fingerprint density at radius 3 is 2.52 bits per heavy atom. The number of benzene rings is 1. The van der Waals surface area contributed by atoms with Crippen molar-refractivity contribution in [3.8, 4) is 11.3 Å². The maximum atomic E-state index is 12.5. The molecule has 0 amide bonds. The van der Waals surface area contributed by atoms with Crippen LogP contribution in [-0.2, 0) is 10.2 Å². The maximum Gasteiger partial charge on any atom is 0.314 e. The number of Topliss-reactive ketones (excluding diaryl/α,β-unsaturated/α-hetero) is 1. The van der Waals surface area contributed by atoms with Gasteiger partial charge in [0.1, 0.15) is 5.52 Å². The van der Waals surface area contributed by atoms with Crippen LogP contribution in [0.3, 0.4) is 0 Å². The molecule has 4 rings (SSSR count). The van der Waals surface area contributed by atoms with Gasteiger partial charge in [0.25, 0.3) is 0 Å². The van der Waals surface area contributed by atoms with E-state index in [2.05, 4.69) is 15.0 Å². The molecule has 0 bridgehead atoms. The monoisotopic (exact) mass is 363 g/mol. The van der Waals surface area contributed by atoms with Crippen LogP contribution in [-0.4, -0.2) is 31.8 Å². The highest BCUT2D eigenvalue weighted by Gasteiger charge is 2.51. The topological polar surface area (TPSA) is 95.9 Å². The zero-order valence-electron chi connectivity index (χ0n) is 15.3. The molecule has 6 heteroatoms. The molecule has 0 atom stereocenters. The van der Waals surface area contributed by atoms with Gasteiger partial charge in [0.2, 0.25) is 0 Å². The number of nitrogens with one attached hydrogen (secondary N) is 1. The van der Waals surface area contributed by atoms with Gasteiger partial charge in [-0.15, -0.1) is 0 Å². The van der Waals surface area contributed by atoms with Crippen LogP contribution >= 0.6 is 0 Å². The van der Waals surface area contributed by atoms with Crippen molar-refractivity contribution in [1.82, 2.24) is 15.0 Å². The van der Waals surface area contributed by atoms with Crippen LogP contribution in [0.2, 0.25) is 0 Å². The third kappa shape index (κ3) is 3.01. The molecule has 1 aliphatic rings. The van der Waals surface area contributed by atoms with Crippen LogP contribution in [0.1, 0.15) is 49.0 Å². The van der Waals surface area contributed by atoms with E-state index >= 15 is 0 Å². The molecule has 0 spiro atoms. The Labute approximate surface area is 156 Å². The first-order chi connectivity index (χ1) is 12.9. The SMILES string of the molecule is CC(C)CC(=O)c1c[nH]c2ncc(-c3ccc(C4(C(=O)O)CC4)cc3)nc12. The van der Waals surface area contributed by atoms with Crippen molar-refractivity contribution < 1.29 is 14.7 Å². The van der Waals surface area contributed by atoms with Gasteiger partial charge in [-0.3, -0.25) is 9.59 Å². The van der Waals surface area contributed by atoms with Gasteiger partial charge in [0.15, 0.2) is 11.4 Å². The number of aromatic nitrogens is 3. The zero-order chi connectivity index (χ0) is 19.2. The number of hydrogen-bond donors (Lipinski definition) is 2. The van der Waals surface area contributed by atoms with Crippen molar-refractivity contribution in [1.29, 1.82) is 0 Å². The number of carboxylic acid groups (broad SMARTS) is 1. The number of carbonyl (C=O) groups is 2. The number of aliphatic carboxylic acids is 1. The van der Waals surface area contributed by atoms with Gasteiger partial charge >= 0.3 is 5.97 Å². The van der Waals surface area contributed by atoms with Gasteiger partial charge < -0.3 is 10.1 Å². The van der Waals surface area contributed by atoms with Gasteiger partial charge in [-0.1, -0.05) is 38.1 Å². The first-order valence-electron chi connectivity index (χ1n) is 9.12. The minimum atomic E-state index is -0.767. The highest BCUT2D eigenvalue weighted by atomic mass is 16.4. The van der Waals surface area contributed by atoms with Gasteiger partial charge in [-0.25, -0.2) is 9.97 Å². The number of H-pyrrole nitrogens is 1. The molecule has 6 nitrogen and oxygen atoms in total. The largest absolute Gasteiger partial charge is 0.481 e. The maximum absolute atomic E-state index is 12.5. The lowest BCUT2D eigenvalue weighted by Gasteiger charge is -2.10. The van der Waals surface area contributed by atoms with Gasteiger partial charge in [0, 0.05) is 18.2 Å². The molecule has 27 heavy (non-hydrogen) atoms. The fraction of sp³-hybridized carbons (Fsp3) is 0.333. The summed E-state index contributed by atoms with van der Waals surface area (Å²) >= 11 is 0. The highest BCUT2D eigenvalue weighted by molar-refractivity contribution is 6.06. The molecule has 2 heterocycles. The van der Waals surface area contributed by atoms with Gasteiger partial charge in [-0.05, 0) is 24.3 Å². The van der Waals surface area contributed by atoms with E-state index in [4.69, 9.17) is 0 Å². The first kappa shape index (κ1) is 17.4. The third-order valence-electron chi connectivity index (χ3n) is 5.17. The lowest BCUT2D eigenvalue weighted by molar-refractivity contribution is -0.140. The highest BCUT2D eigenvalue weighted by Crippen LogP contribution is 2.48. The van der Waals surface area contributed by atoms with Crippen molar-refractivity contribution in [2.45, 2.75) is 38.5 Å². The molecule has 0 saturated heterocycles. The number of rotatable bonds is 6. The molecular weight excluding hydrogens is 342 g/mol. The van der Waals surface area contributed by atoms with E-state index in [9.17, 15) is 14.7 Å². The predicted octanol–water partition coefficient (Wildman–Crippen LogP) is 3.97. The fourth-order valence-corrected chi connectivity index (χ4v) is 3.43. The number of carboxylic acids is 1. The minimum Gasteiger partial charge on any atom is -0.481 e. The molecule has 2 N–H and O–H groups in total. The van der Waals surface area contributed by atoms with E-state index < -0.39 is 11.4 Å². The van der Waals surface area contributed by atoms with Gasteiger partial charge in [0.05, 0.1) is 22.9 Å². The van der Waals surface area contributed by atoms with Crippen LogP contribution in [0, 0.1) is 5.92 Å². The number of fused-ring (bicyclic) bond motifs is 1.